The number of nitrogens with zero attached hydrogens (tertiary/aromatic N) is 2. The zero-order valence-corrected chi connectivity index (χ0v) is 14.2. The van der Waals surface area contributed by atoms with Crippen LogP contribution in [0, 0.1) is 0 Å². The Labute approximate surface area is 137 Å². The number of morpholine rings is 1. The van der Waals surface area contributed by atoms with Gasteiger partial charge in [-0.15, -0.1) is 0 Å². The number of hydrogen-bond acceptors (Lipinski definition) is 3. The molecule has 3 N–H and O–H groups in total. The summed E-state index contributed by atoms with van der Waals surface area (Å²) < 4.78 is 5.82. The minimum absolute atomic E-state index is 0.146. The van der Waals surface area contributed by atoms with E-state index in [4.69, 9.17) is 22.1 Å². The van der Waals surface area contributed by atoms with Crippen LogP contribution in [0.2, 0.25) is 5.02 Å². The minimum atomic E-state index is -0.146. The summed E-state index contributed by atoms with van der Waals surface area (Å²) in [5, 5.41) is 3.93. The van der Waals surface area contributed by atoms with Crippen molar-refractivity contribution in [1.82, 2.24) is 10.2 Å². The highest BCUT2D eigenvalue weighted by Crippen LogP contribution is 2.27. The lowest BCUT2D eigenvalue weighted by molar-refractivity contribution is -0.0971. The molecule has 1 aliphatic rings. The van der Waals surface area contributed by atoms with E-state index in [9.17, 15) is 0 Å². The van der Waals surface area contributed by atoms with Gasteiger partial charge in [0.15, 0.2) is 5.96 Å². The van der Waals surface area contributed by atoms with Gasteiger partial charge in [-0.1, -0.05) is 23.7 Å². The molecule has 122 valence electrons. The fourth-order valence-corrected chi connectivity index (χ4v) is 2.87. The summed E-state index contributed by atoms with van der Waals surface area (Å²) in [5.41, 5.74) is 6.84. The molecular weight excluding hydrogens is 300 g/mol. The van der Waals surface area contributed by atoms with Gasteiger partial charge in [-0.05, 0) is 31.5 Å². The molecule has 6 heteroatoms. The molecule has 0 bridgehead atoms. The summed E-state index contributed by atoms with van der Waals surface area (Å²) in [5.74, 6) is 0.450. The van der Waals surface area contributed by atoms with Gasteiger partial charge in [0.25, 0.3) is 0 Å². The number of halogens is 1. The van der Waals surface area contributed by atoms with E-state index in [1.165, 1.54) is 5.56 Å². The first-order valence-corrected chi connectivity index (χ1v) is 7.89. The predicted octanol–water partition coefficient (Wildman–Crippen LogP) is 2.03. The van der Waals surface area contributed by atoms with Gasteiger partial charge in [0.05, 0.1) is 18.2 Å². The van der Waals surface area contributed by atoms with Gasteiger partial charge in [0.2, 0.25) is 0 Å². The number of aliphatic imine (C=N–C) groups is 1. The Balaban J connectivity index is 2.18. The topological polar surface area (TPSA) is 62.9 Å². The van der Waals surface area contributed by atoms with E-state index in [0.29, 0.717) is 12.5 Å². The van der Waals surface area contributed by atoms with E-state index < -0.39 is 0 Å². The smallest absolute Gasteiger partial charge is 0.188 e. The molecule has 0 saturated carbocycles. The molecule has 1 aromatic rings. The number of nitrogens with two attached hydrogens (primary N) is 1. The monoisotopic (exact) mass is 324 g/mol. The molecule has 0 aliphatic carbocycles. The van der Waals surface area contributed by atoms with Gasteiger partial charge in [0.1, 0.15) is 0 Å². The first-order valence-electron chi connectivity index (χ1n) is 7.51. The van der Waals surface area contributed by atoms with Crippen molar-refractivity contribution >= 4 is 17.6 Å². The molecule has 1 heterocycles. The second kappa shape index (κ2) is 7.31. The van der Waals surface area contributed by atoms with E-state index in [1.807, 2.05) is 12.1 Å². The normalized spacial score (nSPS) is 20.6. The molecule has 0 amide bonds. The molecule has 0 spiro atoms. The third-order valence-electron chi connectivity index (χ3n) is 3.87. The molecule has 0 radical (unpaired) electrons. The van der Waals surface area contributed by atoms with Crippen LogP contribution >= 0.6 is 11.6 Å². The summed E-state index contributed by atoms with van der Waals surface area (Å²) in [6.45, 7) is 7.42. The maximum Gasteiger partial charge on any atom is 0.188 e. The Bertz CT molecular complexity index is 515. The first-order chi connectivity index (χ1) is 10.4. The summed E-state index contributed by atoms with van der Waals surface area (Å²) in [6.07, 6.45) is 0. The van der Waals surface area contributed by atoms with Gasteiger partial charge in [-0.25, -0.2) is 0 Å². The fourth-order valence-electron chi connectivity index (χ4n) is 2.74. The van der Waals surface area contributed by atoms with Crippen LogP contribution in [0.4, 0.5) is 0 Å². The van der Waals surface area contributed by atoms with E-state index in [0.717, 1.165) is 24.7 Å². The molecule has 1 aliphatic heterocycles. The predicted molar refractivity (Wildman–Crippen MR) is 91.3 cm³/mol. The second-order valence-electron chi connectivity index (χ2n) is 6.14. The number of benzene rings is 1. The van der Waals surface area contributed by atoms with Crippen LogP contribution in [0.15, 0.2) is 29.3 Å². The number of nitrogens with one attached hydrogen (secondary N) is 1. The van der Waals surface area contributed by atoms with Crippen LogP contribution < -0.4 is 11.1 Å². The van der Waals surface area contributed by atoms with Crippen LogP contribution in [0.3, 0.4) is 0 Å². The van der Waals surface area contributed by atoms with E-state index in [2.05, 4.69) is 41.2 Å². The average Bonchev–Trinajstić information content (AvgIpc) is 2.48. The Morgan fingerprint density at radius 2 is 2.14 bits per heavy atom. The maximum atomic E-state index is 6.01. The van der Waals surface area contributed by atoms with Crippen molar-refractivity contribution in [1.29, 1.82) is 0 Å². The largest absolute Gasteiger partial charge is 0.373 e. The van der Waals surface area contributed by atoms with Gasteiger partial charge < -0.3 is 15.8 Å². The molecule has 1 unspecified atom stereocenters. The lowest BCUT2D eigenvalue weighted by Gasteiger charge is -2.42. The van der Waals surface area contributed by atoms with Crippen LogP contribution in [0.1, 0.15) is 25.5 Å². The molecule has 1 atom stereocenters. The van der Waals surface area contributed by atoms with Crippen LogP contribution in [-0.4, -0.2) is 49.7 Å². The van der Waals surface area contributed by atoms with Crippen molar-refractivity contribution in [2.75, 3.05) is 33.3 Å². The number of hydrogen-bond donors (Lipinski definition) is 2. The highest BCUT2D eigenvalue weighted by Gasteiger charge is 2.32. The highest BCUT2D eigenvalue weighted by atomic mass is 35.5. The SMILES string of the molecule is CN=C(N)NCC(c1ccc(Cl)cc1)N1CCOC(C)(C)C1. The van der Waals surface area contributed by atoms with Gasteiger partial charge in [-0.2, -0.15) is 0 Å². The Kier molecular flexibility index (Phi) is 5.67. The van der Waals surface area contributed by atoms with Crippen LogP contribution in [-0.2, 0) is 4.74 Å². The molecule has 0 aromatic heterocycles. The summed E-state index contributed by atoms with van der Waals surface area (Å²) in [4.78, 5) is 6.38. The molecule has 1 fully saturated rings. The average molecular weight is 325 g/mol. The highest BCUT2D eigenvalue weighted by molar-refractivity contribution is 6.30. The van der Waals surface area contributed by atoms with E-state index in [1.54, 1.807) is 7.05 Å². The van der Waals surface area contributed by atoms with Gasteiger partial charge in [-0.3, -0.25) is 9.89 Å². The van der Waals surface area contributed by atoms with Crippen molar-refractivity contribution in [3.8, 4) is 0 Å². The second-order valence-corrected chi connectivity index (χ2v) is 6.57. The number of ether oxygens (including phenoxy) is 1. The van der Waals surface area contributed by atoms with Crippen molar-refractivity contribution in [3.63, 3.8) is 0 Å². The molecule has 2 rings (SSSR count). The van der Waals surface area contributed by atoms with E-state index in [-0.39, 0.29) is 11.6 Å². The van der Waals surface area contributed by atoms with E-state index >= 15 is 0 Å². The lowest BCUT2D eigenvalue weighted by atomic mass is 10.0. The van der Waals surface area contributed by atoms with Crippen molar-refractivity contribution in [3.05, 3.63) is 34.9 Å². The third-order valence-corrected chi connectivity index (χ3v) is 4.12. The fraction of sp³-hybridized carbons (Fsp3) is 0.562. The number of rotatable bonds is 4. The molecule has 1 saturated heterocycles. The molecular formula is C16H25ClN4O. The summed E-state index contributed by atoms with van der Waals surface area (Å²) in [7, 11) is 1.68. The molecule has 5 nitrogen and oxygen atoms in total. The molecule has 1 aromatic carbocycles. The van der Waals surface area contributed by atoms with Crippen molar-refractivity contribution in [2.45, 2.75) is 25.5 Å². The van der Waals surface area contributed by atoms with Crippen LogP contribution in [0.25, 0.3) is 0 Å². The lowest BCUT2D eigenvalue weighted by Crippen LogP contribution is -2.51. The van der Waals surface area contributed by atoms with Gasteiger partial charge in [0, 0.05) is 31.7 Å². The number of guanidine groups is 1. The zero-order chi connectivity index (χ0) is 16.2. The maximum absolute atomic E-state index is 6.01. The third kappa shape index (κ3) is 4.60. The summed E-state index contributed by atoms with van der Waals surface area (Å²) in [6, 6.07) is 8.17. The van der Waals surface area contributed by atoms with Crippen LogP contribution in [0.5, 0.6) is 0 Å². The quantitative estimate of drug-likeness (QED) is 0.657. The Hall–Kier alpha value is -1.30. The standard InChI is InChI=1S/C16H25ClN4O/c1-16(2)11-21(8-9-22-16)14(10-20-15(18)19-3)12-4-6-13(17)7-5-12/h4-7,14H,8-11H2,1-3H3,(H3,18,19,20). The first kappa shape index (κ1) is 17.1. The molecule has 22 heavy (non-hydrogen) atoms. The van der Waals surface area contributed by atoms with Crippen molar-refractivity contribution in [2.24, 2.45) is 10.7 Å². The Morgan fingerprint density at radius 1 is 1.45 bits per heavy atom. The minimum Gasteiger partial charge on any atom is -0.373 e. The van der Waals surface area contributed by atoms with Crippen molar-refractivity contribution < 1.29 is 4.74 Å². The zero-order valence-electron chi connectivity index (χ0n) is 13.5. The Morgan fingerprint density at radius 3 is 2.73 bits per heavy atom. The summed E-state index contributed by atoms with van der Waals surface area (Å²) >= 11 is 6.01. The van der Waals surface area contributed by atoms with Gasteiger partial charge >= 0.3 is 0 Å².